The van der Waals surface area contributed by atoms with Gasteiger partial charge in [-0.1, -0.05) is 12.1 Å². The third-order valence-corrected chi connectivity index (χ3v) is 3.93. The lowest BCUT2D eigenvalue weighted by molar-refractivity contribution is -0.114. The summed E-state index contributed by atoms with van der Waals surface area (Å²) < 4.78 is 13.8. The molecule has 2 aromatic rings. The van der Waals surface area contributed by atoms with Gasteiger partial charge in [-0.05, 0) is 62.2 Å². The van der Waals surface area contributed by atoms with Crippen molar-refractivity contribution in [3.8, 4) is 5.75 Å². The molecule has 0 saturated heterocycles. The number of hydrogen-bond donors (Lipinski definition) is 4. The number of carbonyl (C=O) groups is 1. The zero-order chi connectivity index (χ0) is 19.8. The maximum Gasteiger partial charge on any atom is 0.246 e. The highest BCUT2D eigenvalue weighted by molar-refractivity contribution is 14.0. The Balaban J connectivity index is 0.00000392. The Bertz CT molecular complexity index is 812. The fourth-order valence-electron chi connectivity index (χ4n) is 2.38. The lowest BCUT2D eigenvalue weighted by Crippen LogP contribution is -2.39. The molecule has 0 aliphatic rings. The van der Waals surface area contributed by atoms with Gasteiger partial charge in [0.2, 0.25) is 5.91 Å². The molecule has 1 unspecified atom stereocenters. The molecule has 0 radical (unpaired) electrons. The highest BCUT2D eigenvalue weighted by atomic mass is 127. The molecule has 1 amide bonds. The molecule has 0 aliphatic carbocycles. The van der Waals surface area contributed by atoms with Crippen LogP contribution in [0.5, 0.6) is 5.75 Å². The molecule has 6 nitrogen and oxygen atoms in total. The Kier molecular flexibility index (Phi) is 9.70. The number of aromatic hydroxyl groups is 1. The summed E-state index contributed by atoms with van der Waals surface area (Å²) in [6.45, 7) is 6.08. The van der Waals surface area contributed by atoms with Crippen LogP contribution in [0.2, 0.25) is 0 Å². The number of aryl methyl sites for hydroxylation is 1. The van der Waals surface area contributed by atoms with Crippen LogP contribution in [0, 0.1) is 12.7 Å². The predicted octanol–water partition coefficient (Wildman–Crippen LogP) is 3.71. The average molecular weight is 500 g/mol. The van der Waals surface area contributed by atoms with Gasteiger partial charge in [-0.3, -0.25) is 4.79 Å². The lowest BCUT2D eigenvalue weighted by atomic mass is 10.1. The maximum absolute atomic E-state index is 13.8. The van der Waals surface area contributed by atoms with Crippen LogP contribution < -0.4 is 16.0 Å². The fraction of sp³-hybridized carbons (Fsp3) is 0.300. The molecule has 0 bridgehead atoms. The third-order valence-electron chi connectivity index (χ3n) is 3.93. The fourth-order valence-corrected chi connectivity index (χ4v) is 2.38. The Hall–Kier alpha value is -2.36. The number of phenolic OH excluding ortho intramolecular Hbond substituents is 1. The minimum atomic E-state index is -0.285. The number of phenols is 1. The van der Waals surface area contributed by atoms with E-state index < -0.39 is 0 Å². The van der Waals surface area contributed by atoms with Crippen molar-refractivity contribution in [1.29, 1.82) is 0 Å². The summed E-state index contributed by atoms with van der Waals surface area (Å²) in [5.74, 6) is 0.0568. The molecule has 2 rings (SSSR count). The van der Waals surface area contributed by atoms with E-state index in [9.17, 15) is 14.3 Å². The van der Waals surface area contributed by atoms with Crippen molar-refractivity contribution in [2.75, 3.05) is 18.4 Å². The maximum atomic E-state index is 13.8. The average Bonchev–Trinajstić information content (AvgIpc) is 2.64. The first-order valence-electron chi connectivity index (χ1n) is 8.78. The molecule has 2 aromatic carbocycles. The minimum absolute atomic E-state index is 0. The first kappa shape index (κ1) is 23.7. The number of anilines is 1. The van der Waals surface area contributed by atoms with E-state index in [4.69, 9.17) is 0 Å². The van der Waals surface area contributed by atoms with E-state index in [1.54, 1.807) is 25.1 Å². The van der Waals surface area contributed by atoms with Gasteiger partial charge in [0.1, 0.15) is 18.1 Å². The van der Waals surface area contributed by atoms with Gasteiger partial charge in [0.15, 0.2) is 5.96 Å². The van der Waals surface area contributed by atoms with Gasteiger partial charge < -0.3 is 21.1 Å². The van der Waals surface area contributed by atoms with Crippen molar-refractivity contribution >= 4 is 41.5 Å². The first-order valence-corrected chi connectivity index (χ1v) is 8.78. The molecule has 8 heteroatoms. The normalized spacial score (nSPS) is 11.9. The van der Waals surface area contributed by atoms with Gasteiger partial charge in [-0.2, -0.15) is 0 Å². The molecule has 0 aromatic heterocycles. The van der Waals surface area contributed by atoms with Gasteiger partial charge in [0.05, 0.1) is 6.04 Å². The molecule has 4 N–H and O–H groups in total. The molecule has 0 spiro atoms. The Morgan fingerprint density at radius 1 is 1.21 bits per heavy atom. The van der Waals surface area contributed by atoms with Crippen molar-refractivity contribution in [2.24, 2.45) is 4.99 Å². The van der Waals surface area contributed by atoms with Gasteiger partial charge in [-0.25, -0.2) is 9.38 Å². The lowest BCUT2D eigenvalue weighted by Gasteiger charge is -2.18. The quantitative estimate of drug-likeness (QED) is 0.211. The van der Waals surface area contributed by atoms with E-state index in [0.29, 0.717) is 23.8 Å². The van der Waals surface area contributed by atoms with Crippen LogP contribution in [0.25, 0.3) is 0 Å². The number of amides is 1. The summed E-state index contributed by atoms with van der Waals surface area (Å²) in [5.41, 5.74) is 1.96. The Morgan fingerprint density at radius 2 is 1.89 bits per heavy atom. The van der Waals surface area contributed by atoms with Crippen LogP contribution in [0.4, 0.5) is 10.1 Å². The van der Waals surface area contributed by atoms with E-state index in [1.165, 1.54) is 18.2 Å². The number of carbonyl (C=O) groups excluding carboxylic acids is 1. The predicted molar refractivity (Wildman–Crippen MR) is 121 cm³/mol. The molecular weight excluding hydrogens is 474 g/mol. The van der Waals surface area contributed by atoms with Crippen molar-refractivity contribution in [2.45, 2.75) is 26.8 Å². The summed E-state index contributed by atoms with van der Waals surface area (Å²) in [5, 5.41) is 18.2. The molecule has 0 aliphatic heterocycles. The van der Waals surface area contributed by atoms with Gasteiger partial charge in [0, 0.05) is 12.2 Å². The van der Waals surface area contributed by atoms with Crippen LogP contribution in [0.1, 0.15) is 31.0 Å². The summed E-state index contributed by atoms with van der Waals surface area (Å²) >= 11 is 0. The Labute approximate surface area is 181 Å². The van der Waals surface area contributed by atoms with Crippen LogP contribution in [-0.4, -0.2) is 30.1 Å². The molecule has 0 fully saturated rings. The largest absolute Gasteiger partial charge is 0.508 e. The van der Waals surface area contributed by atoms with E-state index in [1.807, 2.05) is 19.9 Å². The van der Waals surface area contributed by atoms with Gasteiger partial charge in [-0.15, -0.1) is 24.0 Å². The second-order valence-electron chi connectivity index (χ2n) is 6.16. The number of aliphatic imine (C=N–C) groups is 1. The third kappa shape index (κ3) is 7.34. The molecule has 0 saturated carbocycles. The number of hydrogen-bond acceptors (Lipinski definition) is 3. The molecule has 0 heterocycles. The van der Waals surface area contributed by atoms with Gasteiger partial charge >= 0.3 is 0 Å². The summed E-state index contributed by atoms with van der Waals surface area (Å²) in [6.07, 6.45) is 0. The standard InChI is InChI=1S/C20H25FN4O2.HI/c1-4-22-20(24-14(3)15-6-5-13(2)18(21)11-15)23-12-19(27)25-16-7-9-17(26)10-8-16;/h5-11,14,26H,4,12H2,1-3H3,(H,25,27)(H2,22,23,24);1H. The van der Waals surface area contributed by atoms with E-state index >= 15 is 0 Å². The topological polar surface area (TPSA) is 85.8 Å². The molecule has 152 valence electrons. The van der Waals surface area contributed by atoms with Crippen LogP contribution in [0.3, 0.4) is 0 Å². The number of nitrogens with zero attached hydrogens (tertiary/aromatic N) is 1. The minimum Gasteiger partial charge on any atom is -0.508 e. The number of rotatable bonds is 6. The van der Waals surface area contributed by atoms with Gasteiger partial charge in [0.25, 0.3) is 0 Å². The Morgan fingerprint density at radius 3 is 2.50 bits per heavy atom. The monoisotopic (exact) mass is 500 g/mol. The van der Waals surface area contributed by atoms with Crippen molar-refractivity contribution in [1.82, 2.24) is 10.6 Å². The van der Waals surface area contributed by atoms with Crippen molar-refractivity contribution in [3.63, 3.8) is 0 Å². The number of guanidine groups is 1. The summed E-state index contributed by atoms with van der Waals surface area (Å²) in [6, 6.07) is 11.1. The van der Waals surface area contributed by atoms with Crippen LogP contribution in [0.15, 0.2) is 47.5 Å². The van der Waals surface area contributed by atoms with E-state index in [0.717, 1.165) is 5.56 Å². The number of benzene rings is 2. The zero-order valence-corrected chi connectivity index (χ0v) is 18.5. The first-order chi connectivity index (χ1) is 12.9. The smallest absolute Gasteiger partial charge is 0.246 e. The van der Waals surface area contributed by atoms with Crippen molar-refractivity contribution in [3.05, 3.63) is 59.4 Å². The van der Waals surface area contributed by atoms with Crippen LogP contribution >= 0.6 is 24.0 Å². The second kappa shape index (κ2) is 11.5. The van der Waals surface area contributed by atoms with E-state index in [2.05, 4.69) is 20.9 Å². The number of halogens is 2. The molecule has 1 atom stereocenters. The number of nitrogens with one attached hydrogen (secondary N) is 3. The highest BCUT2D eigenvalue weighted by Crippen LogP contribution is 2.16. The summed E-state index contributed by atoms with van der Waals surface area (Å²) in [7, 11) is 0. The van der Waals surface area contributed by atoms with E-state index in [-0.39, 0.29) is 54.0 Å². The second-order valence-corrected chi connectivity index (χ2v) is 6.16. The molecule has 28 heavy (non-hydrogen) atoms. The SMILES string of the molecule is CCNC(=NCC(=O)Nc1ccc(O)cc1)NC(C)c1ccc(C)c(F)c1.I. The van der Waals surface area contributed by atoms with Crippen LogP contribution in [-0.2, 0) is 4.79 Å². The zero-order valence-electron chi connectivity index (χ0n) is 16.1. The summed E-state index contributed by atoms with van der Waals surface area (Å²) in [4.78, 5) is 16.3. The molecular formula is C20H26FIN4O2. The highest BCUT2D eigenvalue weighted by Gasteiger charge is 2.10. The van der Waals surface area contributed by atoms with Crippen molar-refractivity contribution < 1.29 is 14.3 Å².